The quantitative estimate of drug-likeness (QED) is 0.910. The SMILES string of the molecule is Cl.NC1(c2noc(CCc3ccc(Br)cc3)n2)CCC1. The van der Waals surface area contributed by atoms with Gasteiger partial charge in [0.25, 0.3) is 0 Å². The second kappa shape index (κ2) is 6.24. The number of nitrogens with zero attached hydrogens (tertiary/aromatic N) is 2. The van der Waals surface area contributed by atoms with Crippen LogP contribution in [0.15, 0.2) is 33.3 Å². The average Bonchev–Trinajstić information content (AvgIpc) is 2.84. The van der Waals surface area contributed by atoms with Crippen molar-refractivity contribution in [2.45, 2.75) is 37.6 Å². The summed E-state index contributed by atoms with van der Waals surface area (Å²) in [5, 5.41) is 4.02. The van der Waals surface area contributed by atoms with Crippen molar-refractivity contribution in [2.75, 3.05) is 0 Å². The lowest BCUT2D eigenvalue weighted by molar-refractivity contribution is 0.229. The zero-order valence-electron chi connectivity index (χ0n) is 11.0. The molecule has 4 nitrogen and oxygen atoms in total. The molecule has 1 aromatic heterocycles. The van der Waals surface area contributed by atoms with Gasteiger partial charge in [-0.25, -0.2) is 0 Å². The van der Waals surface area contributed by atoms with Crippen molar-refractivity contribution in [1.29, 1.82) is 0 Å². The molecule has 0 aliphatic heterocycles. The van der Waals surface area contributed by atoms with Crippen LogP contribution in [0, 0.1) is 0 Å². The Balaban J connectivity index is 0.00000147. The lowest BCUT2D eigenvalue weighted by Gasteiger charge is -2.34. The Morgan fingerprint density at radius 1 is 1.20 bits per heavy atom. The smallest absolute Gasteiger partial charge is 0.227 e. The van der Waals surface area contributed by atoms with Crippen LogP contribution in [-0.4, -0.2) is 10.1 Å². The summed E-state index contributed by atoms with van der Waals surface area (Å²) in [4.78, 5) is 4.42. The van der Waals surface area contributed by atoms with Gasteiger partial charge in [-0.3, -0.25) is 0 Å². The van der Waals surface area contributed by atoms with Crippen LogP contribution in [0.3, 0.4) is 0 Å². The molecule has 0 amide bonds. The molecular weight excluding hydrogens is 342 g/mol. The fourth-order valence-corrected chi connectivity index (χ4v) is 2.51. The normalized spacial score (nSPS) is 16.3. The van der Waals surface area contributed by atoms with E-state index < -0.39 is 0 Å². The van der Waals surface area contributed by atoms with Crippen molar-refractivity contribution in [3.05, 3.63) is 46.0 Å². The van der Waals surface area contributed by atoms with E-state index in [4.69, 9.17) is 10.3 Å². The third-order valence-electron chi connectivity index (χ3n) is 3.70. The van der Waals surface area contributed by atoms with Crippen LogP contribution in [0.2, 0.25) is 0 Å². The van der Waals surface area contributed by atoms with Crippen LogP contribution < -0.4 is 5.73 Å². The van der Waals surface area contributed by atoms with Gasteiger partial charge in [0.05, 0.1) is 5.54 Å². The standard InChI is InChI=1S/C14H16BrN3O.ClH/c15-11-5-2-10(3-6-11)4-7-12-17-13(18-19-12)14(16)8-1-9-14;/h2-3,5-6H,1,4,7-9,16H2;1H. The summed E-state index contributed by atoms with van der Waals surface area (Å²) in [5.41, 5.74) is 7.10. The minimum Gasteiger partial charge on any atom is -0.339 e. The molecule has 2 N–H and O–H groups in total. The van der Waals surface area contributed by atoms with Gasteiger partial charge < -0.3 is 10.3 Å². The molecule has 0 unspecified atom stereocenters. The average molecular weight is 359 g/mol. The van der Waals surface area contributed by atoms with Gasteiger partial charge in [0.2, 0.25) is 5.89 Å². The molecule has 0 saturated heterocycles. The second-order valence-electron chi connectivity index (χ2n) is 5.15. The number of nitrogens with two attached hydrogens (primary N) is 1. The van der Waals surface area contributed by atoms with Crippen LogP contribution in [0.1, 0.15) is 36.5 Å². The van der Waals surface area contributed by atoms with Crippen LogP contribution in [0.4, 0.5) is 0 Å². The van der Waals surface area contributed by atoms with E-state index in [0.29, 0.717) is 11.7 Å². The summed E-state index contributed by atoms with van der Waals surface area (Å²) in [5.74, 6) is 1.35. The minimum atomic E-state index is -0.334. The monoisotopic (exact) mass is 357 g/mol. The number of hydrogen-bond acceptors (Lipinski definition) is 4. The number of hydrogen-bond donors (Lipinski definition) is 1. The predicted octanol–water partition coefficient (Wildman–Crippen LogP) is 3.38. The predicted molar refractivity (Wildman–Crippen MR) is 82.8 cm³/mol. The van der Waals surface area contributed by atoms with E-state index in [-0.39, 0.29) is 17.9 Å². The van der Waals surface area contributed by atoms with Crippen LogP contribution in [0.5, 0.6) is 0 Å². The van der Waals surface area contributed by atoms with Gasteiger partial charge >= 0.3 is 0 Å². The van der Waals surface area contributed by atoms with Crippen molar-refractivity contribution < 1.29 is 4.52 Å². The Morgan fingerprint density at radius 3 is 2.50 bits per heavy atom. The summed E-state index contributed by atoms with van der Waals surface area (Å²) in [6.07, 6.45) is 4.72. The van der Waals surface area contributed by atoms with Crippen LogP contribution >= 0.6 is 28.3 Å². The van der Waals surface area contributed by atoms with E-state index >= 15 is 0 Å². The summed E-state index contributed by atoms with van der Waals surface area (Å²) in [6, 6.07) is 8.27. The van der Waals surface area contributed by atoms with Crippen LogP contribution in [0.25, 0.3) is 0 Å². The van der Waals surface area contributed by atoms with E-state index in [9.17, 15) is 0 Å². The summed E-state index contributed by atoms with van der Waals surface area (Å²) in [7, 11) is 0. The molecule has 1 heterocycles. The molecule has 0 radical (unpaired) electrons. The first-order chi connectivity index (χ1) is 9.16. The maximum Gasteiger partial charge on any atom is 0.227 e. The molecule has 1 saturated carbocycles. The van der Waals surface area contributed by atoms with Gasteiger partial charge in [-0.1, -0.05) is 33.2 Å². The number of aryl methyl sites for hydroxylation is 2. The first kappa shape index (κ1) is 15.5. The molecule has 6 heteroatoms. The van der Waals surface area contributed by atoms with Crippen molar-refractivity contribution in [3.63, 3.8) is 0 Å². The maximum atomic E-state index is 6.17. The molecule has 1 aromatic carbocycles. The molecule has 1 fully saturated rings. The molecule has 20 heavy (non-hydrogen) atoms. The Hall–Kier alpha value is -0.910. The first-order valence-electron chi connectivity index (χ1n) is 6.52. The molecule has 0 atom stereocenters. The number of halogens is 2. The zero-order valence-corrected chi connectivity index (χ0v) is 13.4. The van der Waals surface area contributed by atoms with E-state index in [0.717, 1.165) is 36.6 Å². The number of aromatic nitrogens is 2. The van der Waals surface area contributed by atoms with E-state index in [1.165, 1.54) is 5.56 Å². The van der Waals surface area contributed by atoms with Crippen molar-refractivity contribution in [2.24, 2.45) is 5.73 Å². The molecular formula is C14H17BrClN3O. The van der Waals surface area contributed by atoms with E-state index in [1.807, 2.05) is 12.1 Å². The topological polar surface area (TPSA) is 64.9 Å². The molecule has 108 valence electrons. The van der Waals surface area contributed by atoms with Gasteiger partial charge in [0, 0.05) is 10.9 Å². The Morgan fingerprint density at radius 2 is 1.90 bits per heavy atom. The summed E-state index contributed by atoms with van der Waals surface area (Å²) in [6.45, 7) is 0. The number of benzene rings is 1. The second-order valence-corrected chi connectivity index (χ2v) is 6.06. The molecule has 3 rings (SSSR count). The van der Waals surface area contributed by atoms with E-state index in [2.05, 4.69) is 38.2 Å². The highest BCUT2D eigenvalue weighted by Gasteiger charge is 2.38. The fourth-order valence-electron chi connectivity index (χ4n) is 2.24. The van der Waals surface area contributed by atoms with Gasteiger partial charge in [-0.2, -0.15) is 4.98 Å². The Kier molecular flexibility index (Phi) is 4.83. The van der Waals surface area contributed by atoms with Crippen molar-refractivity contribution >= 4 is 28.3 Å². The summed E-state index contributed by atoms with van der Waals surface area (Å²) >= 11 is 3.43. The van der Waals surface area contributed by atoms with Crippen molar-refractivity contribution in [1.82, 2.24) is 10.1 Å². The molecule has 0 bridgehead atoms. The third kappa shape index (κ3) is 3.22. The third-order valence-corrected chi connectivity index (χ3v) is 4.23. The number of rotatable bonds is 4. The zero-order chi connectivity index (χ0) is 13.3. The van der Waals surface area contributed by atoms with Crippen LogP contribution in [-0.2, 0) is 18.4 Å². The molecule has 1 aliphatic carbocycles. The highest BCUT2D eigenvalue weighted by Crippen LogP contribution is 2.36. The molecule has 0 spiro atoms. The van der Waals surface area contributed by atoms with Gasteiger partial charge in [0.15, 0.2) is 5.82 Å². The van der Waals surface area contributed by atoms with Gasteiger partial charge in [-0.05, 0) is 43.4 Å². The Bertz CT molecular complexity index is 566. The fraction of sp³-hybridized carbons (Fsp3) is 0.429. The van der Waals surface area contributed by atoms with Crippen molar-refractivity contribution in [3.8, 4) is 0 Å². The highest BCUT2D eigenvalue weighted by molar-refractivity contribution is 9.10. The van der Waals surface area contributed by atoms with E-state index in [1.54, 1.807) is 0 Å². The highest BCUT2D eigenvalue weighted by atomic mass is 79.9. The van der Waals surface area contributed by atoms with Gasteiger partial charge in [-0.15, -0.1) is 12.4 Å². The first-order valence-corrected chi connectivity index (χ1v) is 7.31. The minimum absolute atomic E-state index is 0. The van der Waals surface area contributed by atoms with Gasteiger partial charge in [0.1, 0.15) is 0 Å². The molecule has 1 aliphatic rings. The lowest BCUT2D eigenvalue weighted by atomic mass is 9.77. The largest absolute Gasteiger partial charge is 0.339 e. The molecule has 2 aromatic rings. The maximum absolute atomic E-state index is 6.17. The Labute approximate surface area is 132 Å². The lowest BCUT2D eigenvalue weighted by Crippen LogP contribution is -2.44. The summed E-state index contributed by atoms with van der Waals surface area (Å²) < 4.78 is 6.37.